The largest absolute Gasteiger partial charge is 0.475 e. The molecule has 0 aliphatic heterocycles. The van der Waals surface area contributed by atoms with E-state index >= 15 is 0 Å². The van der Waals surface area contributed by atoms with Gasteiger partial charge in [0.25, 0.3) is 0 Å². The first kappa shape index (κ1) is 23.9. The number of nitriles is 1. The summed E-state index contributed by atoms with van der Waals surface area (Å²) in [6.45, 7) is 1.98. The summed E-state index contributed by atoms with van der Waals surface area (Å²) >= 11 is 0. The van der Waals surface area contributed by atoms with E-state index in [2.05, 4.69) is 21.4 Å². The van der Waals surface area contributed by atoms with Crippen molar-refractivity contribution in [3.8, 4) is 6.07 Å². The SMILES string of the molecule is Cc1ccc(C[C@H](NC(=O)CCc2cccc(C=C(C#N)c3ncccn3)c2)B(O)O)cc1. The highest BCUT2D eigenvalue weighted by Gasteiger charge is 2.25. The van der Waals surface area contributed by atoms with Gasteiger partial charge in [0.1, 0.15) is 6.07 Å². The van der Waals surface area contributed by atoms with Gasteiger partial charge in [-0.1, -0.05) is 54.1 Å². The number of rotatable bonds is 9. The summed E-state index contributed by atoms with van der Waals surface area (Å²) < 4.78 is 0. The van der Waals surface area contributed by atoms with Gasteiger partial charge in [-0.25, -0.2) is 9.97 Å². The van der Waals surface area contributed by atoms with E-state index in [1.54, 1.807) is 24.5 Å². The molecule has 8 heteroatoms. The molecule has 0 aliphatic carbocycles. The maximum atomic E-state index is 12.5. The predicted molar refractivity (Wildman–Crippen MR) is 127 cm³/mol. The molecule has 0 bridgehead atoms. The number of hydrogen-bond acceptors (Lipinski definition) is 6. The van der Waals surface area contributed by atoms with Gasteiger partial charge in [0, 0.05) is 18.8 Å². The lowest BCUT2D eigenvalue weighted by Gasteiger charge is -2.18. The molecule has 1 aromatic heterocycles. The second-order valence-electron chi connectivity index (χ2n) is 7.76. The van der Waals surface area contributed by atoms with Gasteiger partial charge in [-0.15, -0.1) is 0 Å². The molecule has 1 atom stereocenters. The number of aryl methyl sites for hydroxylation is 2. The molecule has 1 heterocycles. The molecular formula is C25H25BN4O3. The maximum absolute atomic E-state index is 12.5. The number of allylic oxidation sites excluding steroid dienone is 1. The standard InChI is InChI=1S/C25H25BN4O3/c1-18-6-8-20(9-7-18)16-23(26(32)33)30-24(31)11-10-19-4-2-5-21(14-19)15-22(17-27)25-28-12-3-13-29-25/h2-9,12-15,23,32-33H,10-11,16H2,1H3,(H,30,31)/t23-/m0/s1. The third-order valence-electron chi connectivity index (χ3n) is 5.11. The van der Waals surface area contributed by atoms with Gasteiger partial charge in [-0.3, -0.25) is 4.79 Å². The van der Waals surface area contributed by atoms with E-state index in [1.807, 2.05) is 55.5 Å². The van der Waals surface area contributed by atoms with Gasteiger partial charge in [-0.05, 0) is 48.6 Å². The van der Waals surface area contributed by atoms with Crippen molar-refractivity contribution >= 4 is 24.7 Å². The van der Waals surface area contributed by atoms with Crippen molar-refractivity contribution in [2.75, 3.05) is 0 Å². The number of nitrogens with one attached hydrogen (secondary N) is 1. The van der Waals surface area contributed by atoms with Crippen LogP contribution in [0.4, 0.5) is 0 Å². The van der Waals surface area contributed by atoms with Crippen LogP contribution >= 0.6 is 0 Å². The van der Waals surface area contributed by atoms with Crippen LogP contribution in [0, 0.1) is 18.3 Å². The molecule has 7 nitrogen and oxygen atoms in total. The second kappa shape index (κ2) is 11.7. The summed E-state index contributed by atoms with van der Waals surface area (Å²) in [6.07, 6.45) is 5.85. The second-order valence-corrected chi connectivity index (χ2v) is 7.76. The van der Waals surface area contributed by atoms with Crippen molar-refractivity contribution in [3.63, 3.8) is 0 Å². The molecule has 3 N–H and O–H groups in total. The number of benzene rings is 2. The summed E-state index contributed by atoms with van der Waals surface area (Å²) in [4.78, 5) is 20.7. The lowest BCUT2D eigenvalue weighted by molar-refractivity contribution is -0.121. The Hall–Kier alpha value is -3.80. The van der Waals surface area contributed by atoms with Crippen LogP contribution in [0.5, 0.6) is 0 Å². The van der Waals surface area contributed by atoms with Crippen LogP contribution in [0.25, 0.3) is 11.6 Å². The summed E-state index contributed by atoms with van der Waals surface area (Å²) in [5, 5.41) is 31.6. The molecule has 0 fully saturated rings. The van der Waals surface area contributed by atoms with Crippen molar-refractivity contribution in [2.45, 2.75) is 32.1 Å². The summed E-state index contributed by atoms with van der Waals surface area (Å²) in [5.74, 6) is -0.706. The number of carbonyl (C=O) groups is 1. The van der Waals surface area contributed by atoms with Crippen molar-refractivity contribution < 1.29 is 14.8 Å². The molecule has 0 saturated heterocycles. The molecule has 3 rings (SSSR count). The minimum atomic E-state index is -1.66. The van der Waals surface area contributed by atoms with Gasteiger partial charge in [0.2, 0.25) is 5.91 Å². The molecule has 166 valence electrons. The molecule has 0 saturated carbocycles. The van der Waals surface area contributed by atoms with Crippen molar-refractivity contribution in [1.82, 2.24) is 15.3 Å². The molecular weight excluding hydrogens is 415 g/mol. The Bertz CT molecular complexity index is 1140. The number of carbonyl (C=O) groups excluding carboxylic acids is 1. The van der Waals surface area contributed by atoms with Crippen LogP contribution in [0.3, 0.4) is 0 Å². The molecule has 0 radical (unpaired) electrons. The van der Waals surface area contributed by atoms with E-state index in [0.29, 0.717) is 24.2 Å². The Morgan fingerprint density at radius 1 is 1.12 bits per heavy atom. The zero-order valence-corrected chi connectivity index (χ0v) is 18.3. The lowest BCUT2D eigenvalue weighted by Crippen LogP contribution is -2.47. The van der Waals surface area contributed by atoms with Gasteiger partial charge in [-0.2, -0.15) is 5.26 Å². The third-order valence-corrected chi connectivity index (χ3v) is 5.11. The normalized spacial score (nSPS) is 12.0. The first-order valence-electron chi connectivity index (χ1n) is 10.6. The fourth-order valence-corrected chi connectivity index (χ4v) is 3.34. The predicted octanol–water partition coefficient (Wildman–Crippen LogP) is 2.52. The summed E-state index contributed by atoms with van der Waals surface area (Å²) in [5.41, 5.74) is 4.10. The van der Waals surface area contributed by atoms with Crippen LogP contribution < -0.4 is 5.32 Å². The highest BCUT2D eigenvalue weighted by Crippen LogP contribution is 2.16. The highest BCUT2D eigenvalue weighted by atomic mass is 16.4. The van der Waals surface area contributed by atoms with Crippen LogP contribution in [0.15, 0.2) is 67.0 Å². The van der Waals surface area contributed by atoms with E-state index in [0.717, 1.165) is 22.3 Å². The first-order valence-corrected chi connectivity index (χ1v) is 10.6. The summed E-state index contributed by atoms with van der Waals surface area (Å²) in [6, 6.07) is 19.0. The van der Waals surface area contributed by atoms with E-state index in [1.165, 1.54) is 0 Å². The summed E-state index contributed by atoms with van der Waals surface area (Å²) in [7, 11) is -1.66. The van der Waals surface area contributed by atoms with E-state index in [-0.39, 0.29) is 12.3 Å². The first-order chi connectivity index (χ1) is 15.9. The highest BCUT2D eigenvalue weighted by molar-refractivity contribution is 6.43. The van der Waals surface area contributed by atoms with Gasteiger partial charge < -0.3 is 15.4 Å². The van der Waals surface area contributed by atoms with Crippen molar-refractivity contribution in [3.05, 3.63) is 95.1 Å². The molecule has 2 aromatic carbocycles. The fourth-order valence-electron chi connectivity index (χ4n) is 3.34. The minimum Gasteiger partial charge on any atom is -0.426 e. The zero-order valence-electron chi connectivity index (χ0n) is 18.3. The Labute approximate surface area is 193 Å². The monoisotopic (exact) mass is 440 g/mol. The Kier molecular flexibility index (Phi) is 8.47. The number of amides is 1. The van der Waals surface area contributed by atoms with Crippen LogP contribution in [-0.2, 0) is 17.6 Å². The smallest absolute Gasteiger partial charge is 0.426 e. The van der Waals surface area contributed by atoms with Gasteiger partial charge >= 0.3 is 7.12 Å². The average molecular weight is 440 g/mol. The third kappa shape index (κ3) is 7.39. The van der Waals surface area contributed by atoms with Gasteiger partial charge in [0.15, 0.2) is 5.82 Å². The maximum Gasteiger partial charge on any atom is 0.475 e. The van der Waals surface area contributed by atoms with E-state index < -0.39 is 13.1 Å². The van der Waals surface area contributed by atoms with E-state index in [9.17, 15) is 20.1 Å². The Morgan fingerprint density at radius 2 is 1.85 bits per heavy atom. The van der Waals surface area contributed by atoms with E-state index in [4.69, 9.17) is 0 Å². The molecule has 33 heavy (non-hydrogen) atoms. The zero-order chi connectivity index (χ0) is 23.6. The average Bonchev–Trinajstić information content (AvgIpc) is 2.83. The van der Waals surface area contributed by atoms with Crippen LogP contribution in [0.1, 0.15) is 34.5 Å². The number of nitrogens with zero attached hydrogens (tertiary/aromatic N) is 3. The van der Waals surface area contributed by atoms with Crippen LogP contribution in [-0.4, -0.2) is 39.0 Å². The van der Waals surface area contributed by atoms with Gasteiger partial charge in [0.05, 0.1) is 11.5 Å². The number of hydrogen-bond donors (Lipinski definition) is 3. The number of aromatic nitrogens is 2. The van der Waals surface area contributed by atoms with Crippen molar-refractivity contribution in [2.24, 2.45) is 0 Å². The topological polar surface area (TPSA) is 119 Å². The quantitative estimate of drug-likeness (QED) is 0.348. The molecule has 0 unspecified atom stereocenters. The fraction of sp³-hybridized carbons (Fsp3) is 0.200. The minimum absolute atomic E-state index is 0.192. The Morgan fingerprint density at radius 3 is 2.52 bits per heavy atom. The molecule has 1 amide bonds. The molecule has 0 spiro atoms. The Balaban J connectivity index is 1.61. The van der Waals surface area contributed by atoms with Crippen LogP contribution in [0.2, 0.25) is 0 Å². The molecule has 3 aromatic rings. The molecule has 0 aliphatic rings. The lowest BCUT2D eigenvalue weighted by atomic mass is 9.75. The van der Waals surface area contributed by atoms with Crippen molar-refractivity contribution in [1.29, 1.82) is 5.26 Å².